The van der Waals surface area contributed by atoms with Crippen molar-refractivity contribution in [2.45, 2.75) is 77.7 Å². The topological polar surface area (TPSA) is 12.0 Å². The Morgan fingerprint density at radius 3 is 2.25 bits per heavy atom. The maximum Gasteiger partial charge on any atom is 0.00701 e. The van der Waals surface area contributed by atoms with Gasteiger partial charge in [-0.3, -0.25) is 0 Å². The summed E-state index contributed by atoms with van der Waals surface area (Å²) in [6.07, 6.45) is 12.2. The predicted octanol–water partition coefficient (Wildman–Crippen LogP) is 5.35. The normalized spacial score (nSPS) is 12.5. The molecule has 0 aliphatic rings. The van der Waals surface area contributed by atoms with Gasteiger partial charge in [0.25, 0.3) is 0 Å². The first kappa shape index (κ1) is 17.2. The molecule has 0 fully saturated rings. The summed E-state index contributed by atoms with van der Waals surface area (Å²) in [5.74, 6) is 0. The number of hydrogen-bond donors (Lipinski definition) is 1. The van der Waals surface area contributed by atoms with Gasteiger partial charge in [0.05, 0.1) is 0 Å². The van der Waals surface area contributed by atoms with Crippen molar-refractivity contribution in [2.24, 2.45) is 0 Å². The van der Waals surface area contributed by atoms with Gasteiger partial charge in [-0.25, -0.2) is 0 Å². The lowest BCUT2D eigenvalue weighted by atomic mass is 9.99. The van der Waals surface area contributed by atoms with Gasteiger partial charge in [0.1, 0.15) is 0 Å². The molecule has 114 valence electrons. The average Bonchev–Trinajstić information content (AvgIpc) is 2.49. The first-order chi connectivity index (χ1) is 9.86. The second-order valence-electron chi connectivity index (χ2n) is 5.84. The molecule has 0 spiro atoms. The zero-order valence-electron chi connectivity index (χ0n) is 13.5. The van der Waals surface area contributed by atoms with Crippen molar-refractivity contribution in [3.8, 4) is 0 Å². The first-order valence-electron chi connectivity index (χ1n) is 8.64. The molecule has 0 saturated carbocycles. The summed E-state index contributed by atoms with van der Waals surface area (Å²) in [5, 5.41) is 3.65. The fourth-order valence-corrected chi connectivity index (χ4v) is 2.79. The number of hydrogen-bond acceptors (Lipinski definition) is 1. The van der Waals surface area contributed by atoms with Crippen LogP contribution in [0.4, 0.5) is 0 Å². The molecular weight excluding hydrogens is 242 g/mol. The zero-order valence-corrected chi connectivity index (χ0v) is 13.5. The molecule has 1 rings (SSSR count). The Labute approximate surface area is 126 Å². The summed E-state index contributed by atoms with van der Waals surface area (Å²) in [7, 11) is 0. The molecule has 0 aliphatic heterocycles. The molecule has 0 amide bonds. The molecule has 1 unspecified atom stereocenters. The SMILES string of the molecule is CCCCCCCCC(CCc1ccccc1)NCC. The summed E-state index contributed by atoms with van der Waals surface area (Å²) in [6, 6.07) is 11.6. The Balaban J connectivity index is 2.16. The minimum absolute atomic E-state index is 0.700. The molecule has 0 radical (unpaired) electrons. The van der Waals surface area contributed by atoms with E-state index in [-0.39, 0.29) is 0 Å². The summed E-state index contributed by atoms with van der Waals surface area (Å²) in [5.41, 5.74) is 1.47. The molecule has 0 aromatic heterocycles. The minimum Gasteiger partial charge on any atom is -0.314 e. The van der Waals surface area contributed by atoms with Crippen LogP contribution in [-0.2, 0) is 6.42 Å². The van der Waals surface area contributed by atoms with Crippen LogP contribution < -0.4 is 5.32 Å². The largest absolute Gasteiger partial charge is 0.314 e. The first-order valence-corrected chi connectivity index (χ1v) is 8.64. The summed E-state index contributed by atoms with van der Waals surface area (Å²) in [6.45, 7) is 5.59. The van der Waals surface area contributed by atoms with Crippen molar-refractivity contribution in [1.82, 2.24) is 5.32 Å². The van der Waals surface area contributed by atoms with Crippen LogP contribution in [0.3, 0.4) is 0 Å². The minimum atomic E-state index is 0.700. The van der Waals surface area contributed by atoms with Crippen LogP contribution in [0.5, 0.6) is 0 Å². The molecule has 0 heterocycles. The van der Waals surface area contributed by atoms with Gasteiger partial charge in [-0.15, -0.1) is 0 Å². The third-order valence-corrected chi connectivity index (χ3v) is 4.02. The lowest BCUT2D eigenvalue weighted by molar-refractivity contribution is 0.439. The van der Waals surface area contributed by atoms with E-state index >= 15 is 0 Å². The Bertz CT molecular complexity index is 307. The van der Waals surface area contributed by atoms with Gasteiger partial charge in [-0.05, 0) is 31.4 Å². The lowest BCUT2D eigenvalue weighted by Crippen LogP contribution is -2.29. The van der Waals surface area contributed by atoms with E-state index in [4.69, 9.17) is 0 Å². The summed E-state index contributed by atoms with van der Waals surface area (Å²) < 4.78 is 0. The highest BCUT2D eigenvalue weighted by Crippen LogP contribution is 2.12. The zero-order chi connectivity index (χ0) is 14.5. The maximum absolute atomic E-state index is 3.65. The van der Waals surface area contributed by atoms with Crippen LogP contribution in [0.25, 0.3) is 0 Å². The van der Waals surface area contributed by atoms with Gasteiger partial charge < -0.3 is 5.32 Å². The number of rotatable bonds is 12. The molecule has 1 aromatic rings. The van der Waals surface area contributed by atoms with Gasteiger partial charge in [-0.1, -0.05) is 82.7 Å². The van der Waals surface area contributed by atoms with E-state index in [2.05, 4.69) is 49.5 Å². The quantitative estimate of drug-likeness (QED) is 0.507. The van der Waals surface area contributed by atoms with Gasteiger partial charge in [0.15, 0.2) is 0 Å². The van der Waals surface area contributed by atoms with Crippen molar-refractivity contribution >= 4 is 0 Å². The third kappa shape index (κ3) is 8.37. The van der Waals surface area contributed by atoms with E-state index in [1.165, 1.54) is 63.4 Å². The van der Waals surface area contributed by atoms with E-state index in [0.29, 0.717) is 6.04 Å². The van der Waals surface area contributed by atoms with Crippen molar-refractivity contribution < 1.29 is 0 Å². The Kier molecular flexibility index (Phi) is 10.3. The van der Waals surface area contributed by atoms with E-state index in [1.54, 1.807) is 0 Å². The molecular formula is C19H33N. The van der Waals surface area contributed by atoms with Crippen molar-refractivity contribution in [2.75, 3.05) is 6.54 Å². The second-order valence-corrected chi connectivity index (χ2v) is 5.84. The van der Waals surface area contributed by atoms with Crippen molar-refractivity contribution in [3.05, 3.63) is 35.9 Å². The fraction of sp³-hybridized carbons (Fsp3) is 0.684. The molecule has 1 heteroatoms. The highest BCUT2D eigenvalue weighted by Gasteiger charge is 2.07. The van der Waals surface area contributed by atoms with Gasteiger partial charge in [-0.2, -0.15) is 0 Å². The van der Waals surface area contributed by atoms with Crippen LogP contribution in [0, 0.1) is 0 Å². The number of unbranched alkanes of at least 4 members (excludes halogenated alkanes) is 5. The van der Waals surface area contributed by atoms with Gasteiger partial charge in [0, 0.05) is 6.04 Å². The highest BCUT2D eigenvalue weighted by atomic mass is 14.9. The van der Waals surface area contributed by atoms with Crippen molar-refractivity contribution in [3.63, 3.8) is 0 Å². The van der Waals surface area contributed by atoms with Gasteiger partial charge in [0.2, 0.25) is 0 Å². The van der Waals surface area contributed by atoms with Crippen LogP contribution >= 0.6 is 0 Å². The van der Waals surface area contributed by atoms with E-state index in [1.807, 2.05) is 0 Å². The molecule has 1 N–H and O–H groups in total. The lowest BCUT2D eigenvalue weighted by Gasteiger charge is -2.17. The van der Waals surface area contributed by atoms with E-state index in [0.717, 1.165) is 6.54 Å². The standard InChI is InChI=1S/C19H33N/c1-3-5-6-7-8-12-15-19(20-4-2)17-16-18-13-10-9-11-14-18/h9-11,13-14,19-20H,3-8,12,15-17H2,1-2H3. The fourth-order valence-electron chi connectivity index (χ4n) is 2.79. The monoisotopic (exact) mass is 275 g/mol. The smallest absolute Gasteiger partial charge is 0.00701 e. The molecule has 0 bridgehead atoms. The molecule has 1 aromatic carbocycles. The molecule has 0 saturated heterocycles. The molecule has 1 nitrogen and oxygen atoms in total. The van der Waals surface area contributed by atoms with Crippen LogP contribution in [0.1, 0.15) is 70.8 Å². The van der Waals surface area contributed by atoms with Crippen LogP contribution in [-0.4, -0.2) is 12.6 Å². The molecule has 1 atom stereocenters. The highest BCUT2D eigenvalue weighted by molar-refractivity contribution is 5.14. The Morgan fingerprint density at radius 2 is 1.55 bits per heavy atom. The second kappa shape index (κ2) is 12.0. The third-order valence-electron chi connectivity index (χ3n) is 4.02. The number of nitrogens with one attached hydrogen (secondary N) is 1. The number of aryl methyl sites for hydroxylation is 1. The number of benzene rings is 1. The summed E-state index contributed by atoms with van der Waals surface area (Å²) in [4.78, 5) is 0. The van der Waals surface area contributed by atoms with Crippen LogP contribution in [0.15, 0.2) is 30.3 Å². The van der Waals surface area contributed by atoms with E-state index < -0.39 is 0 Å². The molecule has 0 aliphatic carbocycles. The van der Waals surface area contributed by atoms with Gasteiger partial charge >= 0.3 is 0 Å². The molecule has 20 heavy (non-hydrogen) atoms. The van der Waals surface area contributed by atoms with Crippen molar-refractivity contribution in [1.29, 1.82) is 0 Å². The summed E-state index contributed by atoms with van der Waals surface area (Å²) >= 11 is 0. The Morgan fingerprint density at radius 1 is 0.850 bits per heavy atom. The Hall–Kier alpha value is -0.820. The van der Waals surface area contributed by atoms with E-state index in [9.17, 15) is 0 Å². The predicted molar refractivity (Wildman–Crippen MR) is 90.2 cm³/mol. The average molecular weight is 275 g/mol. The van der Waals surface area contributed by atoms with Crippen LogP contribution in [0.2, 0.25) is 0 Å². The maximum atomic E-state index is 3.65.